The predicted octanol–water partition coefficient (Wildman–Crippen LogP) is 2.36. The first-order valence-electron chi connectivity index (χ1n) is 3.97. The maximum absolute atomic E-state index is 11.4. The van der Waals surface area contributed by atoms with Crippen LogP contribution >= 0.6 is 11.6 Å². The fourth-order valence-electron chi connectivity index (χ4n) is 1.02. The van der Waals surface area contributed by atoms with Crippen LogP contribution in [-0.2, 0) is 0 Å². The van der Waals surface area contributed by atoms with E-state index in [4.69, 9.17) is 16.3 Å². The van der Waals surface area contributed by atoms with Crippen molar-refractivity contribution in [1.29, 1.82) is 0 Å². The van der Waals surface area contributed by atoms with Crippen molar-refractivity contribution in [1.82, 2.24) is 0 Å². The topological polar surface area (TPSA) is 26.3 Å². The first-order chi connectivity index (χ1) is 6.15. The Morgan fingerprint density at radius 1 is 1.46 bits per heavy atom. The van der Waals surface area contributed by atoms with Crippen LogP contribution in [0.5, 0.6) is 5.75 Å². The first kappa shape index (κ1) is 10.1. The third-order valence-electron chi connectivity index (χ3n) is 1.76. The molecule has 0 amide bonds. The number of alkyl halides is 1. The number of ether oxygens (including phenoxy) is 1. The van der Waals surface area contributed by atoms with Gasteiger partial charge in [0.05, 0.1) is 12.5 Å². The molecule has 1 aromatic carbocycles. The molecule has 0 aromatic heterocycles. The molecule has 2 nitrogen and oxygen atoms in total. The van der Waals surface area contributed by atoms with Crippen LogP contribution in [0.25, 0.3) is 0 Å². The van der Waals surface area contributed by atoms with Gasteiger partial charge in [0.2, 0.25) is 5.43 Å². The molecule has 70 valence electrons. The van der Waals surface area contributed by atoms with Crippen molar-refractivity contribution in [3.05, 3.63) is 40.1 Å². The van der Waals surface area contributed by atoms with Crippen LogP contribution in [0, 0.1) is 0 Å². The minimum Gasteiger partial charge on any atom is -0.493 e. The van der Waals surface area contributed by atoms with Gasteiger partial charge in [0.15, 0.2) is 5.75 Å². The Hall–Kier alpha value is -1.02. The Balaban J connectivity index is 3.28. The van der Waals surface area contributed by atoms with Crippen LogP contribution in [-0.4, -0.2) is 7.11 Å². The maximum Gasteiger partial charge on any atom is 0.220 e. The monoisotopic (exact) mass is 198 g/mol. The molecular formula is C10H11ClO2. The Morgan fingerprint density at radius 3 is 2.69 bits per heavy atom. The minimum absolute atomic E-state index is 0.144. The largest absolute Gasteiger partial charge is 0.493 e. The summed E-state index contributed by atoms with van der Waals surface area (Å²) in [6.45, 7) is 1.82. The van der Waals surface area contributed by atoms with E-state index in [1.165, 1.54) is 13.2 Å². The van der Waals surface area contributed by atoms with Gasteiger partial charge in [-0.2, -0.15) is 0 Å². The highest BCUT2D eigenvalue weighted by molar-refractivity contribution is 6.20. The molecule has 0 bridgehead atoms. The van der Waals surface area contributed by atoms with Crippen molar-refractivity contribution in [2.24, 2.45) is 0 Å². The Morgan fingerprint density at radius 2 is 2.15 bits per heavy atom. The van der Waals surface area contributed by atoms with Crippen LogP contribution < -0.4 is 10.2 Å². The summed E-state index contributed by atoms with van der Waals surface area (Å²) >= 11 is 5.85. The van der Waals surface area contributed by atoms with Crippen molar-refractivity contribution in [3.63, 3.8) is 0 Å². The Kier molecular flexibility index (Phi) is 3.32. The minimum atomic E-state index is -0.162. The van der Waals surface area contributed by atoms with Crippen LogP contribution in [0.4, 0.5) is 0 Å². The van der Waals surface area contributed by atoms with E-state index in [2.05, 4.69) is 0 Å². The second-order valence-electron chi connectivity index (χ2n) is 2.72. The molecule has 1 rings (SSSR count). The van der Waals surface area contributed by atoms with E-state index in [1.54, 1.807) is 12.1 Å². The quantitative estimate of drug-likeness (QED) is 0.682. The van der Waals surface area contributed by atoms with E-state index < -0.39 is 0 Å². The van der Waals surface area contributed by atoms with E-state index in [0.29, 0.717) is 5.75 Å². The lowest BCUT2D eigenvalue weighted by molar-refractivity contribution is 0.411. The first-order valence-corrected chi connectivity index (χ1v) is 4.41. The zero-order chi connectivity index (χ0) is 9.84. The van der Waals surface area contributed by atoms with Gasteiger partial charge in [-0.1, -0.05) is 12.1 Å². The summed E-state index contributed by atoms with van der Waals surface area (Å²) in [6, 6.07) is 6.69. The van der Waals surface area contributed by atoms with Crippen LogP contribution in [0.2, 0.25) is 0 Å². The predicted molar refractivity (Wildman–Crippen MR) is 53.5 cm³/mol. The number of hydrogen-bond donors (Lipinski definition) is 0. The zero-order valence-electron chi connectivity index (χ0n) is 7.58. The lowest BCUT2D eigenvalue weighted by Gasteiger charge is -1.96. The molecular weight excluding hydrogens is 188 g/mol. The second kappa shape index (κ2) is 4.28. The summed E-state index contributed by atoms with van der Waals surface area (Å²) in [5.41, 5.74) is 0.657. The normalized spacial score (nSPS) is 12.2. The van der Waals surface area contributed by atoms with Gasteiger partial charge >= 0.3 is 0 Å². The zero-order valence-corrected chi connectivity index (χ0v) is 8.34. The lowest BCUT2D eigenvalue weighted by Crippen LogP contribution is -2.01. The van der Waals surface area contributed by atoms with Gasteiger partial charge in [0.1, 0.15) is 0 Å². The molecule has 0 fully saturated rings. The van der Waals surface area contributed by atoms with Crippen molar-refractivity contribution in [2.45, 2.75) is 12.3 Å². The van der Waals surface area contributed by atoms with Crippen LogP contribution in [0.3, 0.4) is 0 Å². The van der Waals surface area contributed by atoms with Gasteiger partial charge in [0, 0.05) is 0 Å². The van der Waals surface area contributed by atoms with Gasteiger partial charge in [0.25, 0.3) is 0 Å². The molecule has 1 unspecified atom stereocenters. The number of rotatable bonds is 2. The van der Waals surface area contributed by atoms with Crippen molar-refractivity contribution < 1.29 is 4.74 Å². The fraction of sp³-hybridized carbons (Fsp3) is 0.300. The molecule has 0 spiro atoms. The van der Waals surface area contributed by atoms with Gasteiger partial charge < -0.3 is 4.74 Å². The number of hydrogen-bond acceptors (Lipinski definition) is 2. The smallest absolute Gasteiger partial charge is 0.220 e. The van der Waals surface area contributed by atoms with Crippen molar-refractivity contribution in [2.75, 3.05) is 7.11 Å². The fourth-order valence-corrected chi connectivity index (χ4v) is 1.15. The summed E-state index contributed by atoms with van der Waals surface area (Å²) < 4.78 is 4.88. The molecule has 0 aliphatic heterocycles. The molecule has 0 N–H and O–H groups in total. The van der Waals surface area contributed by atoms with Gasteiger partial charge in [-0.05, 0) is 24.6 Å². The highest BCUT2D eigenvalue weighted by atomic mass is 35.5. The van der Waals surface area contributed by atoms with E-state index in [9.17, 15) is 4.79 Å². The van der Waals surface area contributed by atoms with Gasteiger partial charge in [-0.3, -0.25) is 4.79 Å². The molecule has 0 saturated carbocycles. The molecule has 0 saturated heterocycles. The average molecular weight is 199 g/mol. The standard InChI is InChI=1S/C10H11ClO2/c1-7(11)8-4-3-5-10(13-2)9(12)6-8/h3-7H,1-2H3. The highest BCUT2D eigenvalue weighted by Gasteiger charge is 2.02. The van der Waals surface area contributed by atoms with Crippen LogP contribution in [0.1, 0.15) is 17.9 Å². The second-order valence-corrected chi connectivity index (χ2v) is 3.37. The maximum atomic E-state index is 11.4. The summed E-state index contributed by atoms with van der Waals surface area (Å²) in [7, 11) is 1.47. The Labute approximate surface area is 82.1 Å². The van der Waals surface area contributed by atoms with E-state index in [1.807, 2.05) is 13.0 Å². The molecule has 3 heteroatoms. The summed E-state index contributed by atoms with van der Waals surface area (Å²) in [5, 5.41) is -0.162. The van der Waals surface area contributed by atoms with Gasteiger partial charge in [-0.15, -0.1) is 11.6 Å². The highest BCUT2D eigenvalue weighted by Crippen LogP contribution is 2.17. The number of halogens is 1. The third-order valence-corrected chi connectivity index (χ3v) is 2.01. The summed E-state index contributed by atoms with van der Waals surface area (Å²) in [6.07, 6.45) is 0. The lowest BCUT2D eigenvalue weighted by atomic mass is 10.2. The molecule has 0 heterocycles. The molecule has 1 atom stereocenters. The van der Waals surface area contributed by atoms with Crippen molar-refractivity contribution in [3.8, 4) is 5.75 Å². The molecule has 13 heavy (non-hydrogen) atoms. The number of methoxy groups -OCH3 is 1. The molecule has 0 radical (unpaired) electrons. The van der Waals surface area contributed by atoms with Crippen molar-refractivity contribution >= 4 is 11.6 Å². The van der Waals surface area contributed by atoms with E-state index in [0.717, 1.165) is 5.56 Å². The van der Waals surface area contributed by atoms with E-state index in [-0.39, 0.29) is 10.8 Å². The molecule has 0 aliphatic rings. The van der Waals surface area contributed by atoms with Gasteiger partial charge in [-0.25, -0.2) is 0 Å². The van der Waals surface area contributed by atoms with E-state index >= 15 is 0 Å². The summed E-state index contributed by atoms with van der Waals surface area (Å²) in [5.74, 6) is 0.337. The molecule has 0 aliphatic carbocycles. The average Bonchev–Trinajstić information content (AvgIpc) is 2.26. The molecule has 1 aromatic rings. The van der Waals surface area contributed by atoms with Crippen LogP contribution in [0.15, 0.2) is 29.1 Å². The SMILES string of the molecule is COc1cccc(C(C)Cl)cc1=O. The summed E-state index contributed by atoms with van der Waals surface area (Å²) in [4.78, 5) is 11.4. The third kappa shape index (κ3) is 2.46. The Bertz CT molecular complexity index is 347.